The Morgan fingerprint density at radius 1 is 1.25 bits per heavy atom. The highest BCUT2D eigenvalue weighted by Crippen LogP contribution is 2.66. The lowest BCUT2D eigenvalue weighted by Gasteiger charge is -2.33. The molecule has 6 heteroatoms. The maximum atomic E-state index is 13.4. The summed E-state index contributed by atoms with van der Waals surface area (Å²) in [6.45, 7) is 3.36. The van der Waals surface area contributed by atoms with E-state index in [2.05, 4.69) is 20.2 Å². The second kappa shape index (κ2) is 3.87. The minimum absolute atomic E-state index is 0.0745. The molecule has 0 aromatic carbocycles. The summed E-state index contributed by atoms with van der Waals surface area (Å²) in [5.41, 5.74) is 1.42. The molecule has 3 heterocycles. The first-order valence-corrected chi connectivity index (χ1v) is 7.72. The Bertz CT molecular complexity index is 674. The summed E-state index contributed by atoms with van der Waals surface area (Å²) in [6.07, 6.45) is 2.78. The molecule has 0 radical (unpaired) electrons. The van der Waals surface area contributed by atoms with Crippen LogP contribution in [0.4, 0.5) is 14.6 Å². The minimum Gasteiger partial charge on any atom is -0.355 e. The fourth-order valence-corrected chi connectivity index (χ4v) is 4.27. The van der Waals surface area contributed by atoms with Gasteiger partial charge in [0, 0.05) is 24.9 Å². The van der Waals surface area contributed by atoms with Gasteiger partial charge in [0.15, 0.2) is 0 Å². The maximum Gasteiger partial charge on any atom is 0.254 e. The lowest BCUT2D eigenvalue weighted by atomic mass is 9.93. The predicted octanol–water partition coefficient (Wildman–Crippen LogP) is 3.63. The van der Waals surface area contributed by atoms with E-state index in [0.29, 0.717) is 25.9 Å². The van der Waals surface area contributed by atoms with Crippen molar-refractivity contribution in [2.24, 2.45) is 5.41 Å². The van der Waals surface area contributed by atoms with Crippen molar-refractivity contribution in [3.8, 4) is 0 Å². The molecular formula is C14H15F2N3S. The van der Waals surface area contributed by atoms with Crippen LogP contribution in [0.5, 0.6) is 0 Å². The first kappa shape index (κ1) is 12.4. The summed E-state index contributed by atoms with van der Waals surface area (Å²) in [5.74, 6) is -1.52. The Kier molecular flexibility index (Phi) is 2.41. The third kappa shape index (κ3) is 1.60. The number of thiophene rings is 1. The normalized spacial score (nSPS) is 23.4. The van der Waals surface area contributed by atoms with Crippen LogP contribution in [0.25, 0.3) is 10.2 Å². The molecule has 1 spiro atoms. The smallest absolute Gasteiger partial charge is 0.254 e. The van der Waals surface area contributed by atoms with E-state index >= 15 is 0 Å². The number of aromatic nitrogens is 2. The predicted molar refractivity (Wildman–Crippen MR) is 75.6 cm³/mol. The van der Waals surface area contributed by atoms with E-state index in [0.717, 1.165) is 21.6 Å². The zero-order chi connectivity index (χ0) is 14.0. The van der Waals surface area contributed by atoms with Crippen LogP contribution in [-0.4, -0.2) is 29.0 Å². The van der Waals surface area contributed by atoms with Crippen molar-refractivity contribution < 1.29 is 8.78 Å². The molecule has 106 valence electrons. The number of rotatable bonds is 1. The van der Waals surface area contributed by atoms with Gasteiger partial charge in [0.05, 0.1) is 10.2 Å². The van der Waals surface area contributed by atoms with Crippen molar-refractivity contribution in [1.29, 1.82) is 0 Å². The molecule has 0 bridgehead atoms. The zero-order valence-corrected chi connectivity index (χ0v) is 12.0. The Morgan fingerprint density at radius 3 is 2.60 bits per heavy atom. The molecular weight excluding hydrogens is 280 g/mol. The summed E-state index contributed by atoms with van der Waals surface area (Å²) in [5, 5.41) is 2.07. The van der Waals surface area contributed by atoms with E-state index in [4.69, 9.17) is 0 Å². The van der Waals surface area contributed by atoms with Gasteiger partial charge in [-0.05, 0) is 30.7 Å². The largest absolute Gasteiger partial charge is 0.355 e. The zero-order valence-electron chi connectivity index (χ0n) is 11.2. The van der Waals surface area contributed by atoms with Crippen LogP contribution < -0.4 is 4.90 Å². The average Bonchev–Trinajstić information content (AvgIpc) is 2.78. The first-order valence-electron chi connectivity index (χ1n) is 6.84. The number of piperidine rings is 1. The summed E-state index contributed by atoms with van der Waals surface area (Å²) >= 11 is 1.63. The van der Waals surface area contributed by atoms with Gasteiger partial charge in [-0.2, -0.15) is 0 Å². The number of fused-ring (bicyclic) bond motifs is 1. The Hall–Kier alpha value is -1.30. The van der Waals surface area contributed by atoms with Gasteiger partial charge in [0.25, 0.3) is 5.92 Å². The fraction of sp³-hybridized carbons (Fsp3) is 0.571. The van der Waals surface area contributed by atoms with E-state index in [1.807, 2.05) is 6.92 Å². The van der Waals surface area contributed by atoms with Gasteiger partial charge in [-0.1, -0.05) is 0 Å². The maximum absolute atomic E-state index is 13.4. The highest BCUT2D eigenvalue weighted by Gasteiger charge is 2.70. The molecule has 0 N–H and O–H groups in total. The number of alkyl halides is 2. The van der Waals surface area contributed by atoms with Crippen molar-refractivity contribution in [3.05, 3.63) is 17.3 Å². The highest BCUT2D eigenvalue weighted by molar-refractivity contribution is 7.18. The molecule has 1 saturated heterocycles. The van der Waals surface area contributed by atoms with Gasteiger partial charge in [-0.3, -0.25) is 0 Å². The topological polar surface area (TPSA) is 29.0 Å². The molecule has 2 aromatic heterocycles. The third-order valence-corrected chi connectivity index (χ3v) is 5.83. The second-order valence-electron chi connectivity index (χ2n) is 5.94. The number of nitrogens with zero attached hydrogens (tertiary/aromatic N) is 3. The van der Waals surface area contributed by atoms with E-state index in [1.54, 1.807) is 17.7 Å². The minimum atomic E-state index is -2.43. The Labute approximate surface area is 119 Å². The summed E-state index contributed by atoms with van der Waals surface area (Å²) in [7, 11) is 0. The Balaban J connectivity index is 1.62. The molecule has 3 nitrogen and oxygen atoms in total. The van der Waals surface area contributed by atoms with Gasteiger partial charge in [0.2, 0.25) is 0 Å². The quantitative estimate of drug-likeness (QED) is 0.804. The molecule has 0 unspecified atom stereocenters. The Morgan fingerprint density at radius 2 is 1.95 bits per heavy atom. The first-order chi connectivity index (χ1) is 9.52. The van der Waals surface area contributed by atoms with Gasteiger partial charge < -0.3 is 4.90 Å². The van der Waals surface area contributed by atoms with Gasteiger partial charge >= 0.3 is 0 Å². The second-order valence-corrected chi connectivity index (χ2v) is 6.82. The van der Waals surface area contributed by atoms with Gasteiger partial charge in [0.1, 0.15) is 12.1 Å². The molecule has 1 aliphatic carbocycles. The fourth-order valence-electron chi connectivity index (χ4n) is 3.25. The number of aryl methyl sites for hydroxylation is 1. The molecule has 2 aromatic rings. The van der Waals surface area contributed by atoms with Crippen LogP contribution >= 0.6 is 11.3 Å². The van der Waals surface area contributed by atoms with Crippen molar-refractivity contribution in [2.75, 3.05) is 18.0 Å². The lowest BCUT2D eigenvalue weighted by Crippen LogP contribution is -2.37. The van der Waals surface area contributed by atoms with Gasteiger partial charge in [-0.15, -0.1) is 11.3 Å². The number of anilines is 1. The highest BCUT2D eigenvalue weighted by atomic mass is 32.1. The van der Waals surface area contributed by atoms with E-state index < -0.39 is 11.3 Å². The van der Waals surface area contributed by atoms with Crippen LogP contribution in [0.3, 0.4) is 0 Å². The molecule has 20 heavy (non-hydrogen) atoms. The molecule has 0 atom stereocenters. The van der Waals surface area contributed by atoms with Crippen molar-refractivity contribution >= 4 is 27.4 Å². The molecule has 4 rings (SSSR count). The molecule has 0 amide bonds. The number of hydrogen-bond acceptors (Lipinski definition) is 4. The molecule has 2 fully saturated rings. The standard InChI is InChI=1S/C14H15F2N3S/c1-9-6-20-11-10(9)17-8-18-12(11)19-4-2-13(3-5-19)7-14(13,15)16/h6,8H,2-5,7H2,1H3. The van der Waals surface area contributed by atoms with Crippen LogP contribution in [0.1, 0.15) is 24.8 Å². The van der Waals surface area contributed by atoms with E-state index in [9.17, 15) is 8.78 Å². The van der Waals surface area contributed by atoms with E-state index in [1.165, 1.54) is 0 Å². The van der Waals surface area contributed by atoms with Crippen molar-refractivity contribution in [2.45, 2.75) is 32.1 Å². The lowest BCUT2D eigenvalue weighted by molar-refractivity contribution is 0.0537. The van der Waals surface area contributed by atoms with Crippen LogP contribution in [0, 0.1) is 12.3 Å². The molecule has 1 aliphatic heterocycles. The average molecular weight is 295 g/mol. The van der Waals surface area contributed by atoms with Crippen LogP contribution in [0.2, 0.25) is 0 Å². The van der Waals surface area contributed by atoms with E-state index in [-0.39, 0.29) is 6.42 Å². The number of halogens is 2. The van der Waals surface area contributed by atoms with Crippen LogP contribution in [0.15, 0.2) is 11.7 Å². The number of hydrogen-bond donors (Lipinski definition) is 0. The summed E-state index contributed by atoms with van der Waals surface area (Å²) in [4.78, 5) is 10.8. The molecule has 1 saturated carbocycles. The SMILES string of the molecule is Cc1csc2c(N3CCC4(CC3)CC4(F)F)ncnc12. The van der Waals surface area contributed by atoms with Gasteiger partial charge in [-0.25, -0.2) is 18.7 Å². The summed E-state index contributed by atoms with van der Waals surface area (Å²) < 4.78 is 27.9. The van der Waals surface area contributed by atoms with Crippen molar-refractivity contribution in [3.63, 3.8) is 0 Å². The van der Waals surface area contributed by atoms with Crippen LogP contribution in [-0.2, 0) is 0 Å². The van der Waals surface area contributed by atoms with Crippen molar-refractivity contribution in [1.82, 2.24) is 9.97 Å². The monoisotopic (exact) mass is 295 g/mol. The molecule has 2 aliphatic rings. The summed E-state index contributed by atoms with van der Waals surface area (Å²) in [6, 6.07) is 0. The third-order valence-electron chi connectivity index (χ3n) is 4.74.